The minimum atomic E-state index is -0.398. The fourth-order valence-corrected chi connectivity index (χ4v) is 1.70. The summed E-state index contributed by atoms with van der Waals surface area (Å²) in [5, 5.41) is 9.43. The lowest BCUT2D eigenvalue weighted by Gasteiger charge is -2.11. The molecule has 0 aliphatic carbocycles. The summed E-state index contributed by atoms with van der Waals surface area (Å²) in [6.07, 6.45) is 2.19. The third kappa shape index (κ3) is 4.75. The Labute approximate surface area is 104 Å². The average molecular weight is 237 g/mol. The molecule has 3 N–H and O–H groups in total. The molecule has 1 unspecified atom stereocenters. The molecule has 1 aromatic rings. The van der Waals surface area contributed by atoms with E-state index in [-0.39, 0.29) is 0 Å². The Morgan fingerprint density at radius 1 is 1.41 bits per heavy atom. The number of aliphatic hydroxyl groups is 1. The van der Waals surface area contributed by atoms with Gasteiger partial charge in [-0.15, -0.1) is 0 Å². The number of hydrogen-bond acceptors (Lipinski definition) is 3. The molecule has 0 saturated carbocycles. The number of aliphatic hydroxyl groups excluding tert-OH is 1. The molecule has 0 bridgehead atoms. The monoisotopic (exact) mass is 237 g/mol. The van der Waals surface area contributed by atoms with Crippen LogP contribution in [-0.2, 0) is 6.42 Å². The Bertz CT molecular complexity index is 339. The lowest BCUT2D eigenvalue weighted by atomic mass is 10.0. The summed E-state index contributed by atoms with van der Waals surface area (Å²) in [5.41, 5.74) is 7.85. The van der Waals surface area contributed by atoms with E-state index in [1.807, 2.05) is 6.07 Å². The number of nitrogens with two attached hydrogens (primary N) is 1. The van der Waals surface area contributed by atoms with E-state index in [4.69, 9.17) is 10.5 Å². The van der Waals surface area contributed by atoms with Crippen molar-refractivity contribution in [3.8, 4) is 5.75 Å². The topological polar surface area (TPSA) is 55.5 Å². The first-order chi connectivity index (χ1) is 8.17. The highest BCUT2D eigenvalue weighted by Gasteiger charge is 2.05. The summed E-state index contributed by atoms with van der Waals surface area (Å²) < 4.78 is 5.57. The van der Waals surface area contributed by atoms with Gasteiger partial charge in [0.2, 0.25) is 0 Å². The highest BCUT2D eigenvalue weighted by atomic mass is 16.5. The van der Waals surface area contributed by atoms with Crippen molar-refractivity contribution >= 4 is 0 Å². The van der Waals surface area contributed by atoms with E-state index in [2.05, 4.69) is 26.0 Å². The van der Waals surface area contributed by atoms with E-state index in [9.17, 15) is 5.11 Å². The van der Waals surface area contributed by atoms with Gasteiger partial charge in [-0.1, -0.05) is 13.0 Å². The van der Waals surface area contributed by atoms with Gasteiger partial charge >= 0.3 is 0 Å². The molecule has 0 heterocycles. The largest absolute Gasteiger partial charge is 0.494 e. The smallest absolute Gasteiger partial charge is 0.119 e. The molecular weight excluding hydrogens is 214 g/mol. The SMILES string of the molecule is CCCOc1ccc(CCC(O)CN)c(C)c1. The van der Waals surface area contributed by atoms with E-state index < -0.39 is 6.10 Å². The molecule has 0 spiro atoms. The molecule has 0 aliphatic heterocycles. The molecule has 1 atom stereocenters. The van der Waals surface area contributed by atoms with Gasteiger partial charge in [-0.3, -0.25) is 0 Å². The van der Waals surface area contributed by atoms with Gasteiger partial charge < -0.3 is 15.6 Å². The summed E-state index contributed by atoms with van der Waals surface area (Å²) in [5.74, 6) is 0.924. The van der Waals surface area contributed by atoms with Crippen LogP contribution in [-0.4, -0.2) is 24.4 Å². The molecule has 3 nitrogen and oxygen atoms in total. The molecule has 0 fully saturated rings. The molecule has 3 heteroatoms. The summed E-state index contributed by atoms with van der Waals surface area (Å²) in [4.78, 5) is 0. The zero-order valence-electron chi connectivity index (χ0n) is 10.8. The zero-order valence-corrected chi connectivity index (χ0v) is 10.8. The van der Waals surface area contributed by atoms with E-state index >= 15 is 0 Å². The van der Waals surface area contributed by atoms with Crippen molar-refractivity contribution in [1.29, 1.82) is 0 Å². The lowest BCUT2D eigenvalue weighted by Crippen LogP contribution is -2.20. The maximum atomic E-state index is 9.43. The molecule has 17 heavy (non-hydrogen) atoms. The predicted octanol–water partition coefficient (Wildman–Crippen LogP) is 2.04. The zero-order chi connectivity index (χ0) is 12.7. The quantitative estimate of drug-likeness (QED) is 0.763. The summed E-state index contributed by atoms with van der Waals surface area (Å²) in [6, 6.07) is 6.12. The van der Waals surface area contributed by atoms with Crippen molar-refractivity contribution < 1.29 is 9.84 Å². The molecular formula is C14H23NO2. The van der Waals surface area contributed by atoms with E-state index in [0.29, 0.717) is 13.0 Å². The number of aryl methyl sites for hydroxylation is 2. The second-order valence-corrected chi connectivity index (χ2v) is 4.36. The van der Waals surface area contributed by atoms with Gasteiger partial charge in [0.1, 0.15) is 5.75 Å². The number of benzene rings is 1. The fourth-order valence-electron chi connectivity index (χ4n) is 1.70. The Hall–Kier alpha value is -1.06. The van der Waals surface area contributed by atoms with E-state index in [1.54, 1.807) is 0 Å². The van der Waals surface area contributed by atoms with Crippen LogP contribution in [0.25, 0.3) is 0 Å². The van der Waals surface area contributed by atoms with Gasteiger partial charge in [-0.25, -0.2) is 0 Å². The van der Waals surface area contributed by atoms with Crippen LogP contribution in [0.4, 0.5) is 0 Å². The van der Waals surface area contributed by atoms with Crippen molar-refractivity contribution in [2.45, 2.75) is 39.2 Å². The molecule has 0 aromatic heterocycles. The van der Waals surface area contributed by atoms with E-state index in [0.717, 1.165) is 25.2 Å². The van der Waals surface area contributed by atoms with Crippen LogP contribution < -0.4 is 10.5 Å². The number of hydrogen-bond donors (Lipinski definition) is 2. The molecule has 0 amide bonds. The summed E-state index contributed by atoms with van der Waals surface area (Å²) in [6.45, 7) is 5.25. The Morgan fingerprint density at radius 2 is 2.18 bits per heavy atom. The van der Waals surface area contributed by atoms with Gasteiger partial charge in [0.25, 0.3) is 0 Å². The summed E-state index contributed by atoms with van der Waals surface area (Å²) in [7, 11) is 0. The number of ether oxygens (including phenoxy) is 1. The van der Waals surface area contributed by atoms with Crippen LogP contribution in [0, 0.1) is 6.92 Å². The first-order valence-electron chi connectivity index (χ1n) is 6.27. The van der Waals surface area contributed by atoms with Crippen LogP contribution in [0.3, 0.4) is 0 Å². The second-order valence-electron chi connectivity index (χ2n) is 4.36. The van der Waals surface area contributed by atoms with Gasteiger partial charge in [0, 0.05) is 6.54 Å². The van der Waals surface area contributed by atoms with Crippen molar-refractivity contribution in [1.82, 2.24) is 0 Å². The van der Waals surface area contributed by atoms with Crippen LogP contribution in [0.1, 0.15) is 30.9 Å². The van der Waals surface area contributed by atoms with Gasteiger partial charge in [0.05, 0.1) is 12.7 Å². The minimum absolute atomic E-state index is 0.330. The normalized spacial score (nSPS) is 12.5. The fraction of sp³-hybridized carbons (Fsp3) is 0.571. The average Bonchev–Trinajstić information content (AvgIpc) is 2.34. The van der Waals surface area contributed by atoms with Crippen molar-refractivity contribution in [2.24, 2.45) is 5.73 Å². The standard InChI is InChI=1S/C14H23NO2/c1-3-8-17-14-7-5-12(11(2)9-14)4-6-13(16)10-15/h5,7,9,13,16H,3-4,6,8,10,15H2,1-2H3. The van der Waals surface area contributed by atoms with Crippen molar-refractivity contribution in [2.75, 3.05) is 13.2 Å². The highest BCUT2D eigenvalue weighted by Crippen LogP contribution is 2.19. The maximum absolute atomic E-state index is 9.43. The van der Waals surface area contributed by atoms with Crippen molar-refractivity contribution in [3.63, 3.8) is 0 Å². The number of rotatable bonds is 7. The lowest BCUT2D eigenvalue weighted by molar-refractivity contribution is 0.173. The van der Waals surface area contributed by atoms with Crippen molar-refractivity contribution in [3.05, 3.63) is 29.3 Å². The highest BCUT2D eigenvalue weighted by molar-refractivity contribution is 5.34. The molecule has 0 aliphatic rings. The van der Waals surface area contributed by atoms with E-state index in [1.165, 1.54) is 11.1 Å². The van der Waals surface area contributed by atoms with Crippen LogP contribution in [0.15, 0.2) is 18.2 Å². The first kappa shape index (κ1) is 14.0. The minimum Gasteiger partial charge on any atom is -0.494 e. The van der Waals surface area contributed by atoms with Crippen LogP contribution >= 0.6 is 0 Å². The molecule has 1 aromatic carbocycles. The third-order valence-electron chi connectivity index (χ3n) is 2.81. The van der Waals surface area contributed by atoms with Gasteiger partial charge in [-0.05, 0) is 49.4 Å². The van der Waals surface area contributed by atoms with Gasteiger partial charge in [-0.2, -0.15) is 0 Å². The Balaban J connectivity index is 2.56. The van der Waals surface area contributed by atoms with Crippen LogP contribution in [0.5, 0.6) is 5.75 Å². The summed E-state index contributed by atoms with van der Waals surface area (Å²) >= 11 is 0. The molecule has 0 radical (unpaired) electrons. The Kier molecular flexibility index (Phi) is 6.01. The Morgan fingerprint density at radius 3 is 2.76 bits per heavy atom. The molecule has 0 saturated heterocycles. The van der Waals surface area contributed by atoms with Crippen LogP contribution in [0.2, 0.25) is 0 Å². The molecule has 1 rings (SSSR count). The van der Waals surface area contributed by atoms with Gasteiger partial charge in [0.15, 0.2) is 0 Å². The third-order valence-corrected chi connectivity index (χ3v) is 2.81. The predicted molar refractivity (Wildman–Crippen MR) is 70.3 cm³/mol. The molecule has 96 valence electrons. The second kappa shape index (κ2) is 7.30. The maximum Gasteiger partial charge on any atom is 0.119 e. The first-order valence-corrected chi connectivity index (χ1v) is 6.27.